The standard InChI is InChI=1S/C24H24N2O4/c1-14-13-24(3,4)26(20-12-16(30-5)10-11-17(14)20)21(27)15(2)25-22(28)18-8-6-7-9-19(18)23(25)29/h6-13,15H,1-5H3/t15-/m0/s1. The van der Waals surface area contributed by atoms with Gasteiger partial charge in [0.2, 0.25) is 0 Å². The van der Waals surface area contributed by atoms with Crippen LogP contribution in [0.25, 0.3) is 5.57 Å². The molecule has 2 aliphatic heterocycles. The normalized spacial score (nSPS) is 18.0. The number of benzene rings is 2. The predicted octanol–water partition coefficient (Wildman–Crippen LogP) is 3.91. The van der Waals surface area contributed by atoms with E-state index < -0.39 is 23.4 Å². The van der Waals surface area contributed by atoms with Crippen LogP contribution in [0.3, 0.4) is 0 Å². The van der Waals surface area contributed by atoms with Gasteiger partial charge < -0.3 is 9.64 Å². The molecule has 0 aliphatic carbocycles. The SMILES string of the molecule is COc1ccc2c(c1)N(C(=O)[C@H](C)N1C(=O)c3ccccc3C1=O)C(C)(C)C=C2C. The van der Waals surface area contributed by atoms with E-state index >= 15 is 0 Å². The summed E-state index contributed by atoms with van der Waals surface area (Å²) in [6.45, 7) is 7.48. The summed E-state index contributed by atoms with van der Waals surface area (Å²) >= 11 is 0. The van der Waals surface area contributed by atoms with Crippen LogP contribution in [0.4, 0.5) is 5.69 Å². The Morgan fingerprint density at radius 3 is 2.17 bits per heavy atom. The fraction of sp³-hybridized carbons (Fsp3) is 0.292. The number of allylic oxidation sites excluding steroid dienone is 1. The molecule has 6 heteroatoms. The van der Waals surface area contributed by atoms with Gasteiger partial charge in [-0.05, 0) is 57.5 Å². The molecule has 4 rings (SSSR count). The number of rotatable bonds is 3. The first-order chi connectivity index (χ1) is 14.2. The lowest BCUT2D eigenvalue weighted by Gasteiger charge is -2.43. The summed E-state index contributed by atoms with van der Waals surface area (Å²) in [6.07, 6.45) is 2.02. The second-order valence-electron chi connectivity index (χ2n) is 8.24. The van der Waals surface area contributed by atoms with Gasteiger partial charge in [-0.3, -0.25) is 19.3 Å². The maximum atomic E-state index is 13.7. The van der Waals surface area contributed by atoms with Gasteiger partial charge in [0.05, 0.1) is 29.5 Å². The quantitative estimate of drug-likeness (QED) is 0.728. The Kier molecular flexibility index (Phi) is 4.53. The van der Waals surface area contributed by atoms with E-state index in [9.17, 15) is 14.4 Å². The second kappa shape index (κ2) is 6.83. The van der Waals surface area contributed by atoms with Gasteiger partial charge in [0.15, 0.2) is 0 Å². The molecule has 154 valence electrons. The molecule has 0 N–H and O–H groups in total. The zero-order chi connectivity index (χ0) is 21.8. The van der Waals surface area contributed by atoms with E-state index in [1.165, 1.54) is 0 Å². The van der Waals surface area contributed by atoms with Crippen LogP contribution in [-0.2, 0) is 4.79 Å². The van der Waals surface area contributed by atoms with Crippen LogP contribution in [0, 0.1) is 0 Å². The molecule has 30 heavy (non-hydrogen) atoms. The van der Waals surface area contributed by atoms with Crippen molar-refractivity contribution in [2.75, 3.05) is 12.0 Å². The molecule has 1 atom stereocenters. The number of imide groups is 1. The van der Waals surface area contributed by atoms with E-state index in [0.29, 0.717) is 22.6 Å². The van der Waals surface area contributed by atoms with Crippen LogP contribution < -0.4 is 9.64 Å². The van der Waals surface area contributed by atoms with Gasteiger partial charge in [0.25, 0.3) is 17.7 Å². The summed E-state index contributed by atoms with van der Waals surface area (Å²) < 4.78 is 5.37. The zero-order valence-electron chi connectivity index (χ0n) is 17.7. The van der Waals surface area contributed by atoms with E-state index in [-0.39, 0.29) is 5.91 Å². The summed E-state index contributed by atoms with van der Waals surface area (Å²) in [6, 6.07) is 11.3. The smallest absolute Gasteiger partial charge is 0.262 e. The van der Waals surface area contributed by atoms with Gasteiger partial charge in [-0.25, -0.2) is 0 Å². The minimum atomic E-state index is -0.956. The number of amides is 3. The third-order valence-corrected chi connectivity index (χ3v) is 5.81. The van der Waals surface area contributed by atoms with Gasteiger partial charge in [-0.15, -0.1) is 0 Å². The molecule has 0 fully saturated rings. The number of nitrogens with zero attached hydrogens (tertiary/aromatic N) is 2. The fourth-order valence-corrected chi connectivity index (χ4v) is 4.40. The molecule has 0 spiro atoms. The van der Waals surface area contributed by atoms with E-state index in [4.69, 9.17) is 4.74 Å². The number of hydrogen-bond donors (Lipinski definition) is 0. The lowest BCUT2D eigenvalue weighted by molar-refractivity contribution is -0.122. The summed E-state index contributed by atoms with van der Waals surface area (Å²) in [5.74, 6) is -0.578. The summed E-state index contributed by atoms with van der Waals surface area (Å²) in [5.41, 5.74) is 2.68. The van der Waals surface area contributed by atoms with Crippen LogP contribution in [0.5, 0.6) is 5.75 Å². The molecule has 0 saturated carbocycles. The predicted molar refractivity (Wildman–Crippen MR) is 115 cm³/mol. The highest BCUT2D eigenvalue weighted by Crippen LogP contribution is 2.41. The van der Waals surface area contributed by atoms with Crippen molar-refractivity contribution in [3.05, 3.63) is 65.2 Å². The number of carbonyl (C=O) groups is 3. The lowest BCUT2D eigenvalue weighted by Crippen LogP contribution is -2.56. The van der Waals surface area contributed by atoms with Gasteiger partial charge >= 0.3 is 0 Å². The molecular weight excluding hydrogens is 380 g/mol. The topological polar surface area (TPSA) is 66.9 Å². The van der Waals surface area contributed by atoms with Crippen LogP contribution in [0.15, 0.2) is 48.5 Å². The van der Waals surface area contributed by atoms with Crippen molar-refractivity contribution in [1.82, 2.24) is 4.90 Å². The lowest BCUT2D eigenvalue weighted by atomic mass is 9.88. The van der Waals surface area contributed by atoms with Crippen LogP contribution >= 0.6 is 0 Å². The molecule has 3 amide bonds. The van der Waals surface area contributed by atoms with Crippen molar-refractivity contribution in [3.63, 3.8) is 0 Å². The molecule has 2 aromatic carbocycles. The Morgan fingerprint density at radius 1 is 1.00 bits per heavy atom. The molecule has 0 bridgehead atoms. The second-order valence-corrected chi connectivity index (χ2v) is 8.24. The molecule has 2 aromatic rings. The first-order valence-corrected chi connectivity index (χ1v) is 9.86. The highest BCUT2D eigenvalue weighted by atomic mass is 16.5. The average Bonchev–Trinajstić information content (AvgIpc) is 2.96. The molecule has 2 aliphatic rings. The first-order valence-electron chi connectivity index (χ1n) is 9.86. The third-order valence-electron chi connectivity index (χ3n) is 5.81. The number of fused-ring (bicyclic) bond motifs is 2. The van der Waals surface area contributed by atoms with Crippen molar-refractivity contribution in [2.45, 2.75) is 39.3 Å². The van der Waals surface area contributed by atoms with E-state index in [0.717, 1.165) is 16.0 Å². The average molecular weight is 404 g/mol. The van der Waals surface area contributed by atoms with E-state index in [1.807, 2.05) is 45.0 Å². The highest BCUT2D eigenvalue weighted by Gasteiger charge is 2.45. The fourth-order valence-electron chi connectivity index (χ4n) is 4.40. The number of carbonyl (C=O) groups excluding carboxylic acids is 3. The van der Waals surface area contributed by atoms with Gasteiger partial charge in [-0.2, -0.15) is 0 Å². The Labute approximate surface area is 175 Å². The summed E-state index contributed by atoms with van der Waals surface area (Å²) in [7, 11) is 1.58. The first kappa shape index (κ1) is 19.9. The molecule has 0 aromatic heterocycles. The van der Waals surface area contributed by atoms with Crippen molar-refractivity contribution >= 4 is 29.0 Å². The largest absolute Gasteiger partial charge is 0.497 e. The maximum Gasteiger partial charge on any atom is 0.262 e. The molecule has 0 unspecified atom stereocenters. The molecular formula is C24H24N2O4. The minimum absolute atomic E-state index is 0.326. The number of methoxy groups -OCH3 is 1. The number of anilines is 1. The molecule has 6 nitrogen and oxygen atoms in total. The summed E-state index contributed by atoms with van der Waals surface area (Å²) in [5, 5.41) is 0. The monoisotopic (exact) mass is 404 g/mol. The van der Waals surface area contributed by atoms with Crippen molar-refractivity contribution in [1.29, 1.82) is 0 Å². The van der Waals surface area contributed by atoms with Gasteiger partial charge in [0.1, 0.15) is 11.8 Å². The van der Waals surface area contributed by atoms with Gasteiger partial charge in [-0.1, -0.05) is 18.2 Å². The Hall–Kier alpha value is -3.41. The molecule has 0 saturated heterocycles. The van der Waals surface area contributed by atoms with Crippen LogP contribution in [0.1, 0.15) is 54.0 Å². The number of ether oxygens (including phenoxy) is 1. The van der Waals surface area contributed by atoms with Crippen LogP contribution in [-0.4, -0.2) is 41.3 Å². The van der Waals surface area contributed by atoms with Gasteiger partial charge in [0, 0.05) is 11.6 Å². The number of hydrogen-bond acceptors (Lipinski definition) is 4. The van der Waals surface area contributed by atoms with Crippen LogP contribution in [0.2, 0.25) is 0 Å². The molecule has 0 radical (unpaired) electrons. The zero-order valence-corrected chi connectivity index (χ0v) is 17.7. The van der Waals surface area contributed by atoms with E-state index in [2.05, 4.69) is 0 Å². The maximum absolute atomic E-state index is 13.7. The highest BCUT2D eigenvalue weighted by molar-refractivity contribution is 6.23. The Bertz CT molecular complexity index is 1080. The summed E-state index contributed by atoms with van der Waals surface area (Å²) in [4.78, 5) is 42.2. The van der Waals surface area contributed by atoms with Crippen molar-refractivity contribution in [2.24, 2.45) is 0 Å². The van der Waals surface area contributed by atoms with E-state index in [1.54, 1.807) is 43.2 Å². The Balaban J connectivity index is 1.76. The third kappa shape index (κ3) is 2.83. The van der Waals surface area contributed by atoms with Crippen molar-refractivity contribution in [3.8, 4) is 5.75 Å². The Morgan fingerprint density at radius 2 is 1.60 bits per heavy atom. The molecule has 2 heterocycles. The van der Waals surface area contributed by atoms with Crippen molar-refractivity contribution < 1.29 is 19.1 Å². The minimum Gasteiger partial charge on any atom is -0.497 e.